The zero-order valence-electron chi connectivity index (χ0n) is 13.8. The Morgan fingerprint density at radius 3 is 2.73 bits per heavy atom. The van der Waals surface area contributed by atoms with Gasteiger partial charge < -0.3 is 15.6 Å². The Morgan fingerprint density at radius 1 is 1.19 bits per heavy atom. The summed E-state index contributed by atoms with van der Waals surface area (Å²) < 4.78 is 6.53. The zero-order valence-corrected chi connectivity index (χ0v) is 13.8. The van der Waals surface area contributed by atoms with Crippen LogP contribution in [0.2, 0.25) is 0 Å². The van der Waals surface area contributed by atoms with E-state index in [4.69, 9.17) is 10.3 Å². The van der Waals surface area contributed by atoms with Gasteiger partial charge in [0, 0.05) is 23.5 Å². The minimum atomic E-state index is -0.405. The minimum Gasteiger partial charge on any atom is -0.380 e. The number of nitrogens with one attached hydrogen (secondary N) is 2. The highest BCUT2D eigenvalue weighted by molar-refractivity contribution is 5.99. The normalized spacial score (nSPS) is 10.8. The van der Waals surface area contributed by atoms with Crippen LogP contribution in [-0.4, -0.2) is 26.0 Å². The zero-order chi connectivity index (χ0) is 18.1. The Labute approximate surface area is 147 Å². The summed E-state index contributed by atoms with van der Waals surface area (Å²) in [6, 6.07) is 12.4. The second-order valence-corrected chi connectivity index (χ2v) is 5.67. The van der Waals surface area contributed by atoms with Crippen molar-refractivity contribution in [1.29, 1.82) is 0 Å². The number of aryl methyl sites for hydroxylation is 1. The van der Waals surface area contributed by atoms with Gasteiger partial charge in [-0.3, -0.25) is 5.32 Å². The molecule has 4 rings (SSSR count). The van der Waals surface area contributed by atoms with E-state index in [0.717, 1.165) is 16.6 Å². The molecule has 0 saturated carbocycles. The first kappa shape index (κ1) is 15.6. The molecule has 2 amide bonds. The molecule has 0 saturated heterocycles. The minimum absolute atomic E-state index is 0.354. The average Bonchev–Trinajstić information content (AvgIpc) is 3.21. The molecule has 9 heteroatoms. The molecular formula is C17H15N7O2. The number of anilines is 3. The summed E-state index contributed by atoms with van der Waals surface area (Å²) >= 11 is 0. The smallest absolute Gasteiger partial charge is 0.324 e. The largest absolute Gasteiger partial charge is 0.380 e. The third kappa shape index (κ3) is 2.93. The van der Waals surface area contributed by atoms with Crippen molar-refractivity contribution < 1.29 is 9.32 Å². The molecule has 0 radical (unpaired) electrons. The van der Waals surface area contributed by atoms with Crippen molar-refractivity contribution in [2.75, 3.05) is 16.4 Å². The number of nitrogen functional groups attached to an aromatic ring is 1. The first-order valence-electron chi connectivity index (χ1n) is 7.81. The van der Waals surface area contributed by atoms with Crippen LogP contribution in [0.5, 0.6) is 0 Å². The molecule has 1 aromatic carbocycles. The quantitative estimate of drug-likeness (QED) is 0.522. The summed E-state index contributed by atoms with van der Waals surface area (Å²) in [7, 11) is 0. The summed E-state index contributed by atoms with van der Waals surface area (Å²) in [5, 5.41) is 16.9. The number of fused-ring (bicyclic) bond motifs is 1. The maximum Gasteiger partial charge on any atom is 0.324 e. The van der Waals surface area contributed by atoms with E-state index >= 15 is 0 Å². The monoisotopic (exact) mass is 349 g/mol. The van der Waals surface area contributed by atoms with E-state index in [9.17, 15) is 4.79 Å². The maximum absolute atomic E-state index is 12.0. The molecule has 3 aromatic heterocycles. The van der Waals surface area contributed by atoms with E-state index in [2.05, 4.69) is 26.1 Å². The number of urea groups is 1. The molecule has 0 aliphatic carbocycles. The molecule has 9 nitrogen and oxygen atoms in total. The first-order valence-corrected chi connectivity index (χ1v) is 7.81. The number of nitrogens with two attached hydrogens (primary N) is 1. The number of carbonyl (C=O) groups is 1. The van der Waals surface area contributed by atoms with Gasteiger partial charge in [0.25, 0.3) is 0 Å². The van der Waals surface area contributed by atoms with E-state index in [1.807, 2.05) is 24.3 Å². The summed E-state index contributed by atoms with van der Waals surface area (Å²) in [6.45, 7) is 1.75. The Balaban J connectivity index is 1.53. The van der Waals surface area contributed by atoms with Crippen LogP contribution in [0.1, 0.15) is 5.76 Å². The molecule has 26 heavy (non-hydrogen) atoms. The summed E-state index contributed by atoms with van der Waals surface area (Å²) in [5.74, 6) is 1.34. The van der Waals surface area contributed by atoms with Crippen molar-refractivity contribution in [3.05, 3.63) is 54.4 Å². The van der Waals surface area contributed by atoms with E-state index in [1.165, 1.54) is 0 Å². The molecule has 0 aliphatic heterocycles. The number of hydrogen-bond acceptors (Lipinski definition) is 6. The van der Waals surface area contributed by atoms with Crippen molar-refractivity contribution in [3.63, 3.8) is 0 Å². The van der Waals surface area contributed by atoms with Crippen LogP contribution in [0.15, 0.2) is 53.2 Å². The van der Waals surface area contributed by atoms with E-state index in [1.54, 1.807) is 35.8 Å². The van der Waals surface area contributed by atoms with Gasteiger partial charge >= 0.3 is 6.03 Å². The molecule has 3 heterocycles. The summed E-state index contributed by atoms with van der Waals surface area (Å²) in [4.78, 5) is 12.0. The molecule has 0 bridgehead atoms. The topological polar surface area (TPSA) is 123 Å². The number of amides is 2. The lowest BCUT2D eigenvalue weighted by Crippen LogP contribution is -2.19. The number of carbonyl (C=O) groups excluding carboxylic acids is 1. The van der Waals surface area contributed by atoms with Gasteiger partial charge in [-0.05, 0) is 30.7 Å². The highest BCUT2D eigenvalue weighted by Gasteiger charge is 2.10. The molecule has 0 unspecified atom stereocenters. The molecule has 0 atom stereocenters. The van der Waals surface area contributed by atoms with Crippen molar-refractivity contribution in [1.82, 2.24) is 20.0 Å². The van der Waals surface area contributed by atoms with E-state index < -0.39 is 6.03 Å². The van der Waals surface area contributed by atoms with Crippen LogP contribution in [0.4, 0.5) is 22.1 Å². The van der Waals surface area contributed by atoms with Crippen LogP contribution in [0.3, 0.4) is 0 Å². The predicted molar refractivity (Wildman–Crippen MR) is 96.7 cm³/mol. The third-order valence-electron chi connectivity index (χ3n) is 3.79. The van der Waals surface area contributed by atoms with Crippen molar-refractivity contribution in [2.24, 2.45) is 0 Å². The Bertz CT molecular complexity index is 1080. The van der Waals surface area contributed by atoms with Gasteiger partial charge in [-0.15, -0.1) is 5.10 Å². The fourth-order valence-corrected chi connectivity index (χ4v) is 2.64. The van der Waals surface area contributed by atoms with E-state index in [-0.39, 0.29) is 0 Å². The number of nitrogens with zero attached hydrogens (tertiary/aromatic N) is 4. The van der Waals surface area contributed by atoms with Crippen LogP contribution in [-0.2, 0) is 0 Å². The predicted octanol–water partition coefficient (Wildman–Crippen LogP) is 2.92. The fraction of sp³-hybridized carbons (Fsp3) is 0.0588. The Hall–Kier alpha value is -3.88. The van der Waals surface area contributed by atoms with Crippen LogP contribution in [0.25, 0.3) is 16.6 Å². The molecule has 130 valence electrons. The maximum atomic E-state index is 12.0. The highest BCUT2D eigenvalue weighted by atomic mass is 16.5. The molecule has 0 fully saturated rings. The number of benzene rings is 1. The van der Waals surface area contributed by atoms with E-state index in [0.29, 0.717) is 23.1 Å². The van der Waals surface area contributed by atoms with Crippen molar-refractivity contribution in [3.8, 4) is 11.1 Å². The van der Waals surface area contributed by atoms with Gasteiger partial charge in [0.15, 0.2) is 11.6 Å². The number of aromatic nitrogens is 4. The molecule has 0 aliphatic rings. The Kier molecular flexibility index (Phi) is 3.73. The lowest BCUT2D eigenvalue weighted by atomic mass is 10.1. The second kappa shape index (κ2) is 6.20. The summed E-state index contributed by atoms with van der Waals surface area (Å²) in [6.07, 6.45) is 1.79. The van der Waals surface area contributed by atoms with Crippen molar-refractivity contribution in [2.45, 2.75) is 6.92 Å². The van der Waals surface area contributed by atoms with Gasteiger partial charge in [0.05, 0.1) is 0 Å². The molecular weight excluding hydrogens is 334 g/mol. The fourth-order valence-electron chi connectivity index (χ4n) is 2.64. The molecule has 4 aromatic rings. The third-order valence-corrected chi connectivity index (χ3v) is 3.79. The van der Waals surface area contributed by atoms with Crippen molar-refractivity contribution >= 4 is 28.9 Å². The first-order chi connectivity index (χ1) is 12.6. The molecule has 0 spiro atoms. The van der Waals surface area contributed by atoms with Gasteiger partial charge in [-0.2, -0.15) is 0 Å². The number of rotatable bonds is 3. The second-order valence-electron chi connectivity index (χ2n) is 5.67. The van der Waals surface area contributed by atoms with Gasteiger partial charge in [0.2, 0.25) is 0 Å². The number of hydrogen-bond donors (Lipinski definition) is 3. The lowest BCUT2D eigenvalue weighted by Gasteiger charge is -2.08. The van der Waals surface area contributed by atoms with Crippen LogP contribution >= 0.6 is 0 Å². The van der Waals surface area contributed by atoms with Gasteiger partial charge in [0.1, 0.15) is 11.3 Å². The lowest BCUT2D eigenvalue weighted by molar-refractivity contribution is 0.262. The average molecular weight is 349 g/mol. The van der Waals surface area contributed by atoms with Gasteiger partial charge in [-0.25, -0.2) is 9.31 Å². The standard InChI is InChI=1S/C17H15N7O2/c1-10-9-14(22-26-10)20-17(25)19-12-6-4-11(5-7-12)13-3-2-8-24-15(13)16(18)21-23-24/h2-9H,18H2,1H3,(H2,19,20,22,25). The van der Waals surface area contributed by atoms with Gasteiger partial charge in [-0.1, -0.05) is 28.6 Å². The SMILES string of the molecule is Cc1cc(NC(=O)Nc2ccc(-c3cccn4nnc(N)c34)cc2)no1. The highest BCUT2D eigenvalue weighted by Crippen LogP contribution is 2.28. The van der Waals surface area contributed by atoms with Crippen LogP contribution in [0, 0.1) is 6.92 Å². The Morgan fingerprint density at radius 2 is 2.00 bits per heavy atom. The number of pyridine rings is 1. The molecule has 4 N–H and O–H groups in total. The summed E-state index contributed by atoms with van der Waals surface area (Å²) in [5.41, 5.74) is 9.13. The van der Waals surface area contributed by atoms with Crippen LogP contribution < -0.4 is 16.4 Å².